The molecule has 17 heavy (non-hydrogen) atoms. The summed E-state index contributed by atoms with van der Waals surface area (Å²) in [6.45, 7) is 1.94. The van der Waals surface area contributed by atoms with E-state index in [-0.39, 0.29) is 16.2 Å². The predicted molar refractivity (Wildman–Crippen MR) is 68.8 cm³/mol. The molecule has 0 aliphatic heterocycles. The summed E-state index contributed by atoms with van der Waals surface area (Å²) in [6, 6.07) is 4.74. The molecular formula is C12H14ClFO2S. The van der Waals surface area contributed by atoms with Crippen molar-refractivity contribution in [2.75, 3.05) is 7.11 Å². The van der Waals surface area contributed by atoms with Crippen molar-refractivity contribution in [1.82, 2.24) is 0 Å². The monoisotopic (exact) mass is 276 g/mol. The first kappa shape index (κ1) is 14.3. The fourth-order valence-corrected chi connectivity index (χ4v) is 2.27. The zero-order valence-electron chi connectivity index (χ0n) is 9.70. The molecule has 0 saturated carbocycles. The lowest BCUT2D eigenvalue weighted by molar-refractivity contribution is -0.140. The van der Waals surface area contributed by atoms with Crippen molar-refractivity contribution in [2.24, 2.45) is 0 Å². The first-order valence-corrected chi connectivity index (χ1v) is 6.58. The highest BCUT2D eigenvalue weighted by molar-refractivity contribution is 7.99. The molecule has 0 radical (unpaired) electrons. The number of methoxy groups -OCH3 is 1. The lowest BCUT2D eigenvalue weighted by Gasteiger charge is -2.09. The zero-order chi connectivity index (χ0) is 12.8. The van der Waals surface area contributed by atoms with E-state index in [0.717, 1.165) is 5.56 Å². The minimum Gasteiger partial charge on any atom is -0.469 e. The highest BCUT2D eigenvalue weighted by Gasteiger charge is 2.10. The summed E-state index contributed by atoms with van der Waals surface area (Å²) < 4.78 is 17.7. The highest BCUT2D eigenvalue weighted by Crippen LogP contribution is 2.23. The third-order valence-electron chi connectivity index (χ3n) is 2.20. The maximum atomic E-state index is 13.2. The SMILES string of the molecule is COC(=O)CC(C)SCc1ccc(Cl)c(F)c1. The van der Waals surface area contributed by atoms with Crippen molar-refractivity contribution in [1.29, 1.82) is 0 Å². The van der Waals surface area contributed by atoms with Crippen LogP contribution in [0.4, 0.5) is 4.39 Å². The number of thioether (sulfide) groups is 1. The molecular weight excluding hydrogens is 263 g/mol. The van der Waals surface area contributed by atoms with E-state index in [1.165, 1.54) is 19.2 Å². The van der Waals surface area contributed by atoms with Gasteiger partial charge in [0.15, 0.2) is 0 Å². The van der Waals surface area contributed by atoms with Crippen molar-refractivity contribution in [2.45, 2.75) is 24.3 Å². The molecule has 94 valence electrons. The lowest BCUT2D eigenvalue weighted by atomic mass is 10.2. The van der Waals surface area contributed by atoms with Gasteiger partial charge in [-0.1, -0.05) is 24.6 Å². The molecule has 0 spiro atoms. The van der Waals surface area contributed by atoms with Gasteiger partial charge in [0.05, 0.1) is 18.6 Å². The molecule has 0 heterocycles. The van der Waals surface area contributed by atoms with Gasteiger partial charge in [-0.3, -0.25) is 4.79 Å². The van der Waals surface area contributed by atoms with Crippen LogP contribution in [0.15, 0.2) is 18.2 Å². The first-order chi connectivity index (χ1) is 8.02. The Morgan fingerprint density at radius 1 is 1.59 bits per heavy atom. The zero-order valence-corrected chi connectivity index (χ0v) is 11.3. The summed E-state index contributed by atoms with van der Waals surface area (Å²) in [5.41, 5.74) is 0.855. The van der Waals surface area contributed by atoms with Crippen LogP contribution in [0.25, 0.3) is 0 Å². The first-order valence-electron chi connectivity index (χ1n) is 5.15. The third kappa shape index (κ3) is 4.96. The second kappa shape index (κ2) is 6.87. The quantitative estimate of drug-likeness (QED) is 0.768. The van der Waals surface area contributed by atoms with Crippen LogP contribution in [0.3, 0.4) is 0 Å². The molecule has 1 aromatic carbocycles. The number of esters is 1. The smallest absolute Gasteiger partial charge is 0.306 e. The second-order valence-electron chi connectivity index (χ2n) is 3.65. The van der Waals surface area contributed by atoms with Crippen molar-refractivity contribution >= 4 is 29.3 Å². The number of hydrogen-bond acceptors (Lipinski definition) is 3. The van der Waals surface area contributed by atoms with E-state index in [2.05, 4.69) is 4.74 Å². The van der Waals surface area contributed by atoms with E-state index in [1.54, 1.807) is 17.8 Å². The summed E-state index contributed by atoms with van der Waals surface area (Å²) in [5, 5.41) is 0.266. The van der Waals surface area contributed by atoms with Gasteiger partial charge in [0.1, 0.15) is 5.82 Å². The minimum atomic E-state index is -0.412. The molecule has 0 aromatic heterocycles. The van der Waals surface area contributed by atoms with Crippen molar-refractivity contribution in [3.63, 3.8) is 0 Å². The Morgan fingerprint density at radius 2 is 2.29 bits per heavy atom. The molecule has 0 fully saturated rings. The Bertz CT molecular complexity index is 398. The second-order valence-corrected chi connectivity index (χ2v) is 5.48. The summed E-state index contributed by atoms with van der Waals surface area (Å²) >= 11 is 7.17. The summed E-state index contributed by atoms with van der Waals surface area (Å²) in [5.74, 6) is 0.00405. The Labute approximate surface area is 109 Å². The fourth-order valence-electron chi connectivity index (χ4n) is 1.24. The van der Waals surface area contributed by atoms with E-state index >= 15 is 0 Å². The van der Waals surface area contributed by atoms with Crippen molar-refractivity contribution in [3.8, 4) is 0 Å². The topological polar surface area (TPSA) is 26.3 Å². The van der Waals surface area contributed by atoms with Crippen LogP contribution >= 0.6 is 23.4 Å². The average molecular weight is 277 g/mol. The molecule has 1 aromatic rings. The molecule has 0 amide bonds. The molecule has 0 saturated heterocycles. The van der Waals surface area contributed by atoms with Gasteiger partial charge in [0, 0.05) is 11.0 Å². The van der Waals surface area contributed by atoms with Gasteiger partial charge in [-0.25, -0.2) is 4.39 Å². The van der Waals surface area contributed by atoms with Gasteiger partial charge in [-0.2, -0.15) is 11.8 Å². The number of carbonyl (C=O) groups excluding carboxylic acids is 1. The molecule has 0 bridgehead atoms. The van der Waals surface area contributed by atoms with E-state index in [0.29, 0.717) is 12.2 Å². The maximum Gasteiger partial charge on any atom is 0.306 e. The summed E-state index contributed by atoms with van der Waals surface area (Å²) in [6.07, 6.45) is 0.358. The van der Waals surface area contributed by atoms with Gasteiger partial charge in [-0.15, -0.1) is 0 Å². The Morgan fingerprint density at radius 3 is 2.88 bits per heavy atom. The Balaban J connectivity index is 2.44. The maximum absolute atomic E-state index is 13.2. The van der Waals surface area contributed by atoms with Crippen LogP contribution < -0.4 is 0 Å². The van der Waals surface area contributed by atoms with E-state index in [1.807, 2.05) is 6.92 Å². The number of benzene rings is 1. The van der Waals surface area contributed by atoms with Crippen LogP contribution in [-0.4, -0.2) is 18.3 Å². The number of halogens is 2. The Hall–Kier alpha value is -0.740. The molecule has 0 N–H and O–H groups in total. The van der Waals surface area contributed by atoms with Gasteiger partial charge in [0.25, 0.3) is 0 Å². The lowest BCUT2D eigenvalue weighted by Crippen LogP contribution is -2.08. The van der Waals surface area contributed by atoms with Crippen LogP contribution in [0, 0.1) is 5.82 Å². The van der Waals surface area contributed by atoms with Crippen LogP contribution in [0.2, 0.25) is 5.02 Å². The largest absolute Gasteiger partial charge is 0.469 e. The van der Waals surface area contributed by atoms with Crippen molar-refractivity contribution < 1.29 is 13.9 Å². The van der Waals surface area contributed by atoms with E-state index in [9.17, 15) is 9.18 Å². The molecule has 1 unspecified atom stereocenters. The molecule has 1 rings (SSSR count). The van der Waals surface area contributed by atoms with Gasteiger partial charge in [-0.05, 0) is 17.7 Å². The predicted octanol–water partition coefficient (Wildman–Crippen LogP) is 3.66. The normalized spacial score (nSPS) is 12.2. The fraction of sp³-hybridized carbons (Fsp3) is 0.417. The minimum absolute atomic E-state index is 0.126. The highest BCUT2D eigenvalue weighted by atomic mass is 35.5. The molecule has 1 atom stereocenters. The van der Waals surface area contributed by atoms with E-state index in [4.69, 9.17) is 11.6 Å². The summed E-state index contributed by atoms with van der Waals surface area (Å²) in [7, 11) is 1.37. The Kier molecular flexibility index (Phi) is 5.78. The van der Waals surface area contributed by atoms with Crippen LogP contribution in [0.1, 0.15) is 18.9 Å². The average Bonchev–Trinajstić information content (AvgIpc) is 2.30. The third-order valence-corrected chi connectivity index (χ3v) is 3.74. The van der Waals surface area contributed by atoms with Gasteiger partial charge < -0.3 is 4.74 Å². The van der Waals surface area contributed by atoms with Gasteiger partial charge in [0.2, 0.25) is 0 Å². The number of rotatable bonds is 5. The number of hydrogen-bond donors (Lipinski definition) is 0. The van der Waals surface area contributed by atoms with Crippen molar-refractivity contribution in [3.05, 3.63) is 34.6 Å². The number of ether oxygens (including phenoxy) is 1. The van der Waals surface area contributed by atoms with Gasteiger partial charge >= 0.3 is 5.97 Å². The molecule has 0 aliphatic rings. The summed E-state index contributed by atoms with van der Waals surface area (Å²) in [4.78, 5) is 11.0. The van der Waals surface area contributed by atoms with E-state index < -0.39 is 5.82 Å². The molecule has 5 heteroatoms. The molecule has 0 aliphatic carbocycles. The number of carbonyl (C=O) groups is 1. The molecule has 2 nitrogen and oxygen atoms in total. The van der Waals surface area contributed by atoms with Crippen LogP contribution in [0.5, 0.6) is 0 Å². The van der Waals surface area contributed by atoms with Crippen LogP contribution in [-0.2, 0) is 15.3 Å². The standard InChI is InChI=1S/C12H14ClFO2S/c1-8(5-12(15)16-2)17-7-9-3-4-10(13)11(14)6-9/h3-4,6,8H,5,7H2,1-2H3.